The molecule has 1 unspecified atom stereocenters. The maximum absolute atomic E-state index is 12.7. The summed E-state index contributed by atoms with van der Waals surface area (Å²) < 4.78 is 16.8. The van der Waals surface area contributed by atoms with E-state index in [4.69, 9.17) is 14.2 Å². The van der Waals surface area contributed by atoms with Gasteiger partial charge >= 0.3 is 17.9 Å². The highest BCUT2D eigenvalue weighted by Crippen LogP contribution is 2.17. The summed E-state index contributed by atoms with van der Waals surface area (Å²) >= 11 is 0. The highest BCUT2D eigenvalue weighted by molar-refractivity contribution is 5.71. The molecule has 0 saturated heterocycles. The van der Waals surface area contributed by atoms with Crippen molar-refractivity contribution in [3.8, 4) is 0 Å². The summed E-state index contributed by atoms with van der Waals surface area (Å²) in [6.07, 6.45) is 49.4. The van der Waals surface area contributed by atoms with Crippen molar-refractivity contribution in [3.05, 3.63) is 0 Å². The van der Waals surface area contributed by atoms with Crippen molar-refractivity contribution in [2.45, 2.75) is 297 Å². The third-order valence-electron chi connectivity index (χ3n) is 11.6. The molecule has 6 heteroatoms. The van der Waals surface area contributed by atoms with Crippen molar-refractivity contribution in [3.63, 3.8) is 0 Å². The predicted molar refractivity (Wildman–Crippen MR) is 243 cm³/mol. The summed E-state index contributed by atoms with van der Waals surface area (Å²) in [7, 11) is 0. The van der Waals surface area contributed by atoms with Crippen molar-refractivity contribution in [2.24, 2.45) is 0 Å². The lowest BCUT2D eigenvalue weighted by atomic mass is 10.0. The van der Waals surface area contributed by atoms with Crippen LogP contribution < -0.4 is 0 Å². The fourth-order valence-corrected chi connectivity index (χ4v) is 7.74. The summed E-state index contributed by atoms with van der Waals surface area (Å²) in [5, 5.41) is 0. The Labute approximate surface area is 355 Å². The zero-order valence-electron chi connectivity index (χ0n) is 38.6. The molecule has 0 bridgehead atoms. The van der Waals surface area contributed by atoms with E-state index >= 15 is 0 Å². The zero-order valence-corrected chi connectivity index (χ0v) is 38.6. The van der Waals surface area contributed by atoms with Crippen LogP contribution >= 0.6 is 0 Å². The lowest BCUT2D eigenvalue weighted by molar-refractivity contribution is -0.167. The number of esters is 3. The number of rotatable bonds is 47. The average molecular weight is 807 g/mol. The molecule has 0 aliphatic rings. The Hall–Kier alpha value is -1.59. The molecule has 0 aromatic heterocycles. The van der Waals surface area contributed by atoms with Crippen LogP contribution in [0.5, 0.6) is 0 Å². The van der Waals surface area contributed by atoms with Gasteiger partial charge in [0.2, 0.25) is 0 Å². The second kappa shape index (κ2) is 47.1. The van der Waals surface area contributed by atoms with Gasteiger partial charge in [-0.2, -0.15) is 0 Å². The van der Waals surface area contributed by atoms with Gasteiger partial charge in [0.15, 0.2) is 6.10 Å². The topological polar surface area (TPSA) is 78.9 Å². The van der Waals surface area contributed by atoms with Gasteiger partial charge in [0.05, 0.1) is 0 Å². The van der Waals surface area contributed by atoms with Crippen molar-refractivity contribution in [1.29, 1.82) is 0 Å². The average Bonchev–Trinajstić information content (AvgIpc) is 3.21. The normalized spacial score (nSPS) is 11.8. The third-order valence-corrected chi connectivity index (χ3v) is 11.6. The molecule has 0 saturated carbocycles. The molecule has 6 nitrogen and oxygen atoms in total. The summed E-state index contributed by atoms with van der Waals surface area (Å²) in [6.45, 7) is 6.66. The Kier molecular flexibility index (Phi) is 45.8. The highest BCUT2D eigenvalue weighted by atomic mass is 16.6. The molecule has 0 aromatic rings. The van der Waals surface area contributed by atoms with E-state index in [1.807, 2.05) is 0 Å². The fourth-order valence-electron chi connectivity index (χ4n) is 7.74. The van der Waals surface area contributed by atoms with Crippen molar-refractivity contribution < 1.29 is 28.6 Å². The van der Waals surface area contributed by atoms with Crippen molar-refractivity contribution in [1.82, 2.24) is 0 Å². The van der Waals surface area contributed by atoms with Gasteiger partial charge in [0, 0.05) is 19.3 Å². The molecule has 0 rings (SSSR count). The minimum Gasteiger partial charge on any atom is -0.462 e. The Balaban J connectivity index is 4.22. The smallest absolute Gasteiger partial charge is 0.306 e. The van der Waals surface area contributed by atoms with Crippen LogP contribution in [0.2, 0.25) is 0 Å². The maximum atomic E-state index is 12.7. The zero-order chi connectivity index (χ0) is 41.5. The Morgan fingerprint density at radius 3 is 0.702 bits per heavy atom. The van der Waals surface area contributed by atoms with Crippen LogP contribution in [0, 0.1) is 0 Å². The lowest BCUT2D eigenvalue weighted by Gasteiger charge is -2.18. The lowest BCUT2D eigenvalue weighted by Crippen LogP contribution is -2.30. The number of hydrogen-bond acceptors (Lipinski definition) is 6. The monoisotopic (exact) mass is 807 g/mol. The first-order valence-electron chi connectivity index (χ1n) is 25.5. The minimum absolute atomic E-state index is 0.0621. The molecule has 0 radical (unpaired) electrons. The quantitative estimate of drug-likeness (QED) is 0.0346. The third kappa shape index (κ3) is 45.3. The summed E-state index contributed by atoms with van der Waals surface area (Å²) in [4.78, 5) is 37.8. The maximum Gasteiger partial charge on any atom is 0.306 e. The first kappa shape index (κ1) is 55.4. The fraction of sp³-hybridized carbons (Fsp3) is 0.941. The Bertz CT molecular complexity index is 844. The van der Waals surface area contributed by atoms with E-state index in [0.29, 0.717) is 19.3 Å². The van der Waals surface area contributed by atoms with Crippen LogP contribution in [0.1, 0.15) is 290 Å². The van der Waals surface area contributed by atoms with Crippen molar-refractivity contribution in [2.75, 3.05) is 13.2 Å². The van der Waals surface area contributed by atoms with Gasteiger partial charge in [-0.15, -0.1) is 0 Å². The molecule has 0 amide bonds. The summed E-state index contributed by atoms with van der Waals surface area (Å²) in [5.41, 5.74) is 0. The van der Waals surface area contributed by atoms with E-state index in [0.717, 1.165) is 57.8 Å². The molecule has 0 spiro atoms. The van der Waals surface area contributed by atoms with Crippen LogP contribution in [-0.4, -0.2) is 37.2 Å². The molecule has 0 heterocycles. The summed E-state index contributed by atoms with van der Waals surface area (Å²) in [5.74, 6) is -0.845. The van der Waals surface area contributed by atoms with Gasteiger partial charge < -0.3 is 14.2 Å². The van der Waals surface area contributed by atoms with Crippen LogP contribution in [-0.2, 0) is 28.6 Å². The predicted octanol–water partition coefficient (Wildman–Crippen LogP) is 16.4. The van der Waals surface area contributed by atoms with Gasteiger partial charge in [0.25, 0.3) is 0 Å². The van der Waals surface area contributed by atoms with E-state index < -0.39 is 6.10 Å². The van der Waals surface area contributed by atoms with Crippen LogP contribution in [0.3, 0.4) is 0 Å². The standard InChI is InChI=1S/C51H98O6/c1-4-7-10-13-16-19-22-23-24-25-26-27-28-30-32-35-38-41-44-50(53)56-47-48(46-55-49(52)43-40-37-34-31-21-18-15-12-9-6-3)57-51(54)45-42-39-36-33-29-20-17-14-11-8-5-2/h48H,4-47H2,1-3H3. The van der Waals surface area contributed by atoms with Gasteiger partial charge in [-0.25, -0.2) is 0 Å². The number of unbranched alkanes of at least 4 members (excludes halogenated alkanes) is 36. The molecule has 0 aliphatic carbocycles. The highest BCUT2D eigenvalue weighted by Gasteiger charge is 2.19. The number of ether oxygens (including phenoxy) is 3. The van der Waals surface area contributed by atoms with Crippen LogP contribution in [0.4, 0.5) is 0 Å². The molecule has 0 fully saturated rings. The largest absolute Gasteiger partial charge is 0.462 e. The second-order valence-corrected chi connectivity index (χ2v) is 17.5. The molecule has 0 aromatic carbocycles. The molecular formula is C51H98O6. The van der Waals surface area contributed by atoms with E-state index in [1.54, 1.807) is 0 Å². The molecular weight excluding hydrogens is 709 g/mol. The first-order valence-corrected chi connectivity index (χ1v) is 25.5. The SMILES string of the molecule is CCCCCCCCCCCCCCCCCCCCC(=O)OCC(COC(=O)CCCCCCCCCCCC)OC(=O)CCCCCCCCCCCCC. The number of hydrogen-bond donors (Lipinski definition) is 0. The van der Waals surface area contributed by atoms with E-state index in [-0.39, 0.29) is 31.1 Å². The Morgan fingerprint density at radius 2 is 0.474 bits per heavy atom. The van der Waals surface area contributed by atoms with E-state index in [2.05, 4.69) is 20.8 Å². The molecule has 57 heavy (non-hydrogen) atoms. The number of carbonyl (C=O) groups excluding carboxylic acids is 3. The minimum atomic E-state index is -0.758. The van der Waals surface area contributed by atoms with Gasteiger partial charge in [-0.1, -0.05) is 252 Å². The molecule has 0 N–H and O–H groups in total. The molecule has 0 aliphatic heterocycles. The van der Waals surface area contributed by atoms with Crippen molar-refractivity contribution >= 4 is 17.9 Å². The first-order chi connectivity index (χ1) is 28.0. The summed E-state index contributed by atoms with van der Waals surface area (Å²) in [6, 6.07) is 0. The van der Waals surface area contributed by atoms with E-state index in [1.165, 1.54) is 193 Å². The second-order valence-electron chi connectivity index (χ2n) is 17.5. The van der Waals surface area contributed by atoms with E-state index in [9.17, 15) is 14.4 Å². The van der Waals surface area contributed by atoms with Gasteiger partial charge in [0.1, 0.15) is 13.2 Å². The molecule has 338 valence electrons. The Morgan fingerprint density at radius 1 is 0.281 bits per heavy atom. The van der Waals surface area contributed by atoms with Gasteiger partial charge in [-0.05, 0) is 19.3 Å². The molecule has 1 atom stereocenters. The van der Waals surface area contributed by atoms with Gasteiger partial charge in [-0.3, -0.25) is 14.4 Å². The van der Waals surface area contributed by atoms with Crippen LogP contribution in [0.15, 0.2) is 0 Å². The number of carbonyl (C=O) groups is 3. The van der Waals surface area contributed by atoms with Crippen LogP contribution in [0.25, 0.3) is 0 Å².